The van der Waals surface area contributed by atoms with Crippen molar-refractivity contribution in [2.24, 2.45) is 5.73 Å². The number of aryl methyl sites for hydroxylation is 1. The summed E-state index contributed by atoms with van der Waals surface area (Å²) < 4.78 is 1.45. The number of hydrogen-bond donors (Lipinski definition) is 2. The number of fused-ring (bicyclic) bond motifs is 1. The number of primary amides is 1. The lowest BCUT2D eigenvalue weighted by atomic mass is 10.1. The SMILES string of the molecule is NC(=O)c1ccc(Cn2nc3c(cc2=O)NCCC3)cc1. The zero-order valence-electron chi connectivity index (χ0n) is 11.5. The van der Waals surface area contributed by atoms with Crippen molar-refractivity contribution in [3.05, 3.63) is 57.5 Å². The number of carbonyl (C=O) groups excluding carboxylic acids is 1. The molecule has 0 aliphatic carbocycles. The summed E-state index contributed by atoms with van der Waals surface area (Å²) in [6, 6.07) is 8.47. The highest BCUT2D eigenvalue weighted by Gasteiger charge is 2.12. The monoisotopic (exact) mass is 284 g/mol. The van der Waals surface area contributed by atoms with Crippen molar-refractivity contribution < 1.29 is 4.79 Å². The lowest BCUT2D eigenvalue weighted by Crippen LogP contribution is -2.27. The number of nitrogens with two attached hydrogens (primary N) is 1. The zero-order valence-corrected chi connectivity index (χ0v) is 11.5. The van der Waals surface area contributed by atoms with Gasteiger partial charge in [0.2, 0.25) is 5.91 Å². The number of nitrogens with zero attached hydrogens (tertiary/aromatic N) is 2. The fraction of sp³-hybridized carbons (Fsp3) is 0.267. The quantitative estimate of drug-likeness (QED) is 0.870. The van der Waals surface area contributed by atoms with Crippen LogP contribution in [0.15, 0.2) is 35.1 Å². The second-order valence-corrected chi connectivity index (χ2v) is 5.09. The Morgan fingerprint density at radius 2 is 2.10 bits per heavy atom. The first-order chi connectivity index (χ1) is 10.1. The molecule has 0 atom stereocenters. The molecular weight excluding hydrogens is 268 g/mol. The van der Waals surface area contributed by atoms with E-state index in [4.69, 9.17) is 5.73 Å². The van der Waals surface area contributed by atoms with E-state index in [2.05, 4.69) is 10.4 Å². The second kappa shape index (κ2) is 5.40. The molecule has 0 saturated carbocycles. The van der Waals surface area contributed by atoms with Crippen LogP contribution in [0.3, 0.4) is 0 Å². The molecule has 2 heterocycles. The molecule has 0 bridgehead atoms. The summed E-state index contributed by atoms with van der Waals surface area (Å²) >= 11 is 0. The van der Waals surface area contributed by atoms with E-state index in [1.165, 1.54) is 4.68 Å². The highest BCUT2D eigenvalue weighted by atomic mass is 16.1. The van der Waals surface area contributed by atoms with E-state index in [-0.39, 0.29) is 5.56 Å². The van der Waals surface area contributed by atoms with Crippen molar-refractivity contribution in [2.45, 2.75) is 19.4 Å². The van der Waals surface area contributed by atoms with E-state index in [1.54, 1.807) is 30.3 Å². The molecule has 6 nitrogen and oxygen atoms in total. The number of rotatable bonds is 3. The zero-order chi connectivity index (χ0) is 14.8. The van der Waals surface area contributed by atoms with Crippen LogP contribution in [0.2, 0.25) is 0 Å². The smallest absolute Gasteiger partial charge is 0.269 e. The van der Waals surface area contributed by atoms with Gasteiger partial charge >= 0.3 is 0 Å². The summed E-state index contributed by atoms with van der Waals surface area (Å²) in [5.74, 6) is -0.461. The normalized spacial score (nSPS) is 13.3. The molecule has 1 amide bonds. The first kappa shape index (κ1) is 13.4. The second-order valence-electron chi connectivity index (χ2n) is 5.09. The lowest BCUT2D eigenvalue weighted by molar-refractivity contribution is 0.100. The van der Waals surface area contributed by atoms with Crippen molar-refractivity contribution in [2.75, 3.05) is 11.9 Å². The van der Waals surface area contributed by atoms with Gasteiger partial charge in [-0.25, -0.2) is 4.68 Å². The Hall–Kier alpha value is -2.63. The van der Waals surface area contributed by atoms with Crippen LogP contribution in [0.1, 0.15) is 28.0 Å². The van der Waals surface area contributed by atoms with Gasteiger partial charge in [0.15, 0.2) is 0 Å². The number of benzene rings is 1. The number of hydrogen-bond acceptors (Lipinski definition) is 4. The molecule has 0 spiro atoms. The molecule has 0 unspecified atom stereocenters. The summed E-state index contributed by atoms with van der Waals surface area (Å²) in [5, 5.41) is 7.60. The summed E-state index contributed by atoms with van der Waals surface area (Å²) in [4.78, 5) is 23.1. The molecule has 3 rings (SSSR count). The van der Waals surface area contributed by atoms with Crippen molar-refractivity contribution in [3.63, 3.8) is 0 Å². The topological polar surface area (TPSA) is 90.0 Å². The van der Waals surface area contributed by atoms with Gasteiger partial charge in [0, 0.05) is 18.2 Å². The molecule has 21 heavy (non-hydrogen) atoms. The first-order valence-electron chi connectivity index (χ1n) is 6.87. The van der Waals surface area contributed by atoms with Crippen LogP contribution in [-0.2, 0) is 13.0 Å². The molecule has 1 aliphatic heterocycles. The molecule has 0 saturated heterocycles. The van der Waals surface area contributed by atoms with Crippen molar-refractivity contribution in [1.29, 1.82) is 0 Å². The molecule has 108 valence electrons. The minimum absolute atomic E-state index is 0.137. The fourth-order valence-electron chi connectivity index (χ4n) is 2.41. The molecule has 2 aromatic rings. The minimum atomic E-state index is -0.461. The summed E-state index contributed by atoms with van der Waals surface area (Å²) in [7, 11) is 0. The Morgan fingerprint density at radius 1 is 1.33 bits per heavy atom. The highest BCUT2D eigenvalue weighted by molar-refractivity contribution is 5.92. The Morgan fingerprint density at radius 3 is 2.81 bits per heavy atom. The van der Waals surface area contributed by atoms with E-state index in [1.807, 2.05) is 0 Å². The van der Waals surface area contributed by atoms with Crippen LogP contribution >= 0.6 is 0 Å². The molecule has 0 fully saturated rings. The van der Waals surface area contributed by atoms with Gasteiger partial charge in [0.1, 0.15) is 0 Å². The summed E-state index contributed by atoms with van der Waals surface area (Å²) in [6.45, 7) is 1.26. The van der Waals surface area contributed by atoms with Gasteiger partial charge in [-0.05, 0) is 30.5 Å². The molecule has 0 radical (unpaired) electrons. The largest absolute Gasteiger partial charge is 0.383 e. The van der Waals surface area contributed by atoms with Crippen molar-refractivity contribution in [3.8, 4) is 0 Å². The number of carbonyl (C=O) groups is 1. The van der Waals surface area contributed by atoms with E-state index in [0.29, 0.717) is 12.1 Å². The number of nitrogens with one attached hydrogen (secondary N) is 1. The fourth-order valence-corrected chi connectivity index (χ4v) is 2.41. The highest BCUT2D eigenvalue weighted by Crippen LogP contribution is 2.16. The van der Waals surface area contributed by atoms with Crippen LogP contribution in [0.25, 0.3) is 0 Å². The van der Waals surface area contributed by atoms with Gasteiger partial charge in [0.25, 0.3) is 5.56 Å². The standard InChI is InChI=1S/C15H16N4O2/c16-15(21)11-5-3-10(4-6-11)9-19-14(20)8-13-12(18-19)2-1-7-17-13/h3-6,8,17H,1-2,7,9H2,(H2,16,21). The number of anilines is 1. The Labute approximate surface area is 121 Å². The molecule has 1 aromatic heterocycles. The molecule has 1 aromatic carbocycles. The van der Waals surface area contributed by atoms with Crippen LogP contribution < -0.4 is 16.6 Å². The van der Waals surface area contributed by atoms with Crippen LogP contribution in [-0.4, -0.2) is 22.2 Å². The lowest BCUT2D eigenvalue weighted by Gasteiger charge is -2.17. The van der Waals surface area contributed by atoms with E-state index in [0.717, 1.165) is 36.3 Å². The maximum absolute atomic E-state index is 12.1. The van der Waals surface area contributed by atoms with Crippen molar-refractivity contribution in [1.82, 2.24) is 9.78 Å². The van der Waals surface area contributed by atoms with Crippen LogP contribution in [0.5, 0.6) is 0 Å². The van der Waals surface area contributed by atoms with Crippen LogP contribution in [0.4, 0.5) is 5.69 Å². The van der Waals surface area contributed by atoms with E-state index < -0.39 is 5.91 Å². The van der Waals surface area contributed by atoms with Gasteiger partial charge in [-0.15, -0.1) is 0 Å². The Bertz CT molecular complexity index is 734. The molecular formula is C15H16N4O2. The number of amides is 1. The summed E-state index contributed by atoms with van der Waals surface area (Å²) in [5.41, 5.74) is 8.19. The average molecular weight is 284 g/mol. The van der Waals surface area contributed by atoms with Gasteiger partial charge in [0.05, 0.1) is 17.9 Å². The molecule has 6 heteroatoms. The third kappa shape index (κ3) is 2.79. The van der Waals surface area contributed by atoms with Gasteiger partial charge in [-0.1, -0.05) is 12.1 Å². The maximum atomic E-state index is 12.1. The van der Waals surface area contributed by atoms with E-state index >= 15 is 0 Å². The van der Waals surface area contributed by atoms with Crippen molar-refractivity contribution >= 4 is 11.6 Å². The Kier molecular flexibility index (Phi) is 3.43. The average Bonchev–Trinajstić information content (AvgIpc) is 2.48. The molecule has 3 N–H and O–H groups in total. The maximum Gasteiger partial charge on any atom is 0.269 e. The predicted octanol–water partition coefficient (Wildman–Crippen LogP) is 0.749. The predicted molar refractivity (Wildman–Crippen MR) is 79.4 cm³/mol. The third-order valence-electron chi connectivity index (χ3n) is 3.55. The third-order valence-corrected chi connectivity index (χ3v) is 3.55. The Balaban J connectivity index is 1.87. The van der Waals surface area contributed by atoms with Gasteiger partial charge in [-0.2, -0.15) is 5.10 Å². The molecule has 1 aliphatic rings. The van der Waals surface area contributed by atoms with Crippen LogP contribution in [0, 0.1) is 0 Å². The first-order valence-corrected chi connectivity index (χ1v) is 6.87. The number of aromatic nitrogens is 2. The minimum Gasteiger partial charge on any atom is -0.383 e. The van der Waals surface area contributed by atoms with Gasteiger partial charge < -0.3 is 11.1 Å². The summed E-state index contributed by atoms with van der Waals surface area (Å²) in [6.07, 6.45) is 1.90. The van der Waals surface area contributed by atoms with Gasteiger partial charge in [-0.3, -0.25) is 9.59 Å². The van der Waals surface area contributed by atoms with E-state index in [9.17, 15) is 9.59 Å².